The van der Waals surface area contributed by atoms with E-state index in [0.717, 1.165) is 17.3 Å². The molecular formula is C13H16N4O2. The van der Waals surface area contributed by atoms with Crippen LogP contribution in [0.3, 0.4) is 0 Å². The summed E-state index contributed by atoms with van der Waals surface area (Å²) >= 11 is 0. The second kappa shape index (κ2) is 6.65. The summed E-state index contributed by atoms with van der Waals surface area (Å²) in [6.07, 6.45) is 2.17. The molecule has 0 unspecified atom stereocenters. The van der Waals surface area contributed by atoms with Crippen LogP contribution < -0.4 is 15.8 Å². The number of nitrogens with one attached hydrogen (secondary N) is 1. The number of hydrogen-bond donors (Lipinski definition) is 2. The zero-order valence-electron chi connectivity index (χ0n) is 10.5. The minimum Gasteiger partial charge on any atom is -0.467 e. The van der Waals surface area contributed by atoms with E-state index in [1.807, 2.05) is 24.3 Å². The fourth-order valence-electron chi connectivity index (χ4n) is 1.61. The molecule has 100 valence electrons. The second-order valence-electron chi connectivity index (χ2n) is 3.98. The molecule has 0 spiro atoms. The van der Waals surface area contributed by atoms with Crippen molar-refractivity contribution in [3.05, 3.63) is 30.6 Å². The highest BCUT2D eigenvalue weighted by atomic mass is 16.5. The van der Waals surface area contributed by atoms with E-state index in [1.54, 1.807) is 0 Å². The van der Waals surface area contributed by atoms with Crippen molar-refractivity contribution >= 4 is 16.8 Å². The monoisotopic (exact) mass is 260 g/mol. The quantitative estimate of drug-likeness (QED) is 0.737. The van der Waals surface area contributed by atoms with Crippen molar-refractivity contribution < 1.29 is 9.53 Å². The number of hydrogen-bond acceptors (Lipinski definition) is 5. The lowest BCUT2D eigenvalue weighted by molar-refractivity contribution is -0.123. The normalized spacial score (nSPS) is 10.4. The van der Waals surface area contributed by atoms with Crippen molar-refractivity contribution in [3.8, 4) is 5.88 Å². The molecule has 0 saturated heterocycles. The predicted molar refractivity (Wildman–Crippen MR) is 71.7 cm³/mol. The summed E-state index contributed by atoms with van der Waals surface area (Å²) < 4.78 is 5.42. The number of amides is 1. The Morgan fingerprint density at radius 3 is 3.00 bits per heavy atom. The van der Waals surface area contributed by atoms with E-state index >= 15 is 0 Å². The highest BCUT2D eigenvalue weighted by Gasteiger charge is 2.06. The highest BCUT2D eigenvalue weighted by molar-refractivity contribution is 5.83. The van der Waals surface area contributed by atoms with Gasteiger partial charge in [0.2, 0.25) is 5.88 Å². The Hall–Kier alpha value is -2.21. The average Bonchev–Trinajstić information content (AvgIpc) is 2.45. The van der Waals surface area contributed by atoms with Gasteiger partial charge in [-0.15, -0.1) is 0 Å². The van der Waals surface area contributed by atoms with Gasteiger partial charge in [0.15, 0.2) is 6.61 Å². The smallest absolute Gasteiger partial charge is 0.258 e. The number of carbonyl (C=O) groups is 1. The molecule has 0 atom stereocenters. The van der Waals surface area contributed by atoms with E-state index in [1.165, 1.54) is 6.33 Å². The van der Waals surface area contributed by atoms with E-state index in [9.17, 15) is 4.79 Å². The second-order valence-corrected chi connectivity index (χ2v) is 3.98. The van der Waals surface area contributed by atoms with Gasteiger partial charge in [0.05, 0.1) is 10.9 Å². The highest BCUT2D eigenvalue weighted by Crippen LogP contribution is 2.20. The lowest BCUT2D eigenvalue weighted by Crippen LogP contribution is -2.30. The summed E-state index contributed by atoms with van der Waals surface area (Å²) in [6, 6.07) is 7.49. The first kappa shape index (κ1) is 13.2. The summed E-state index contributed by atoms with van der Waals surface area (Å²) in [5.74, 6) is 0.232. The summed E-state index contributed by atoms with van der Waals surface area (Å²) in [6.45, 7) is 1.05. The number of benzene rings is 1. The molecule has 2 aromatic rings. The molecule has 1 amide bonds. The van der Waals surface area contributed by atoms with E-state index in [-0.39, 0.29) is 12.5 Å². The molecule has 6 heteroatoms. The number of rotatable bonds is 6. The Kier molecular flexibility index (Phi) is 4.63. The Bertz CT molecular complexity index is 554. The van der Waals surface area contributed by atoms with Crippen molar-refractivity contribution in [2.45, 2.75) is 6.42 Å². The molecule has 1 aromatic carbocycles. The number of nitrogens with zero attached hydrogens (tertiary/aromatic N) is 2. The summed E-state index contributed by atoms with van der Waals surface area (Å²) in [7, 11) is 0. The largest absolute Gasteiger partial charge is 0.467 e. The number of carbonyl (C=O) groups excluding carboxylic acids is 1. The molecule has 3 N–H and O–H groups in total. The van der Waals surface area contributed by atoms with Crippen LogP contribution in [0.4, 0.5) is 0 Å². The van der Waals surface area contributed by atoms with Crippen molar-refractivity contribution in [2.24, 2.45) is 5.73 Å². The Morgan fingerprint density at radius 2 is 2.16 bits per heavy atom. The third kappa shape index (κ3) is 3.62. The number of fused-ring (bicyclic) bond motifs is 1. The van der Waals surface area contributed by atoms with Gasteiger partial charge >= 0.3 is 0 Å². The van der Waals surface area contributed by atoms with Crippen LogP contribution in [0.25, 0.3) is 10.9 Å². The van der Waals surface area contributed by atoms with Crippen molar-refractivity contribution in [3.63, 3.8) is 0 Å². The molecule has 0 saturated carbocycles. The SMILES string of the molecule is NCCCNC(=O)COc1ncnc2ccccc12. The lowest BCUT2D eigenvalue weighted by atomic mass is 10.2. The van der Waals surface area contributed by atoms with Crippen molar-refractivity contribution in [1.29, 1.82) is 0 Å². The molecule has 1 heterocycles. The molecule has 0 fully saturated rings. The molecule has 0 radical (unpaired) electrons. The molecule has 2 rings (SSSR count). The van der Waals surface area contributed by atoms with Gasteiger partial charge < -0.3 is 15.8 Å². The molecule has 1 aromatic heterocycles. The van der Waals surface area contributed by atoms with Crippen LogP contribution in [0.5, 0.6) is 5.88 Å². The maximum atomic E-state index is 11.5. The number of ether oxygens (including phenoxy) is 1. The van der Waals surface area contributed by atoms with Gasteiger partial charge in [-0.1, -0.05) is 12.1 Å². The van der Waals surface area contributed by atoms with Crippen LogP contribution in [-0.4, -0.2) is 35.6 Å². The van der Waals surface area contributed by atoms with Crippen LogP contribution in [0.1, 0.15) is 6.42 Å². The van der Waals surface area contributed by atoms with Gasteiger partial charge in [-0.05, 0) is 25.1 Å². The number of nitrogens with two attached hydrogens (primary N) is 1. The van der Waals surface area contributed by atoms with Crippen LogP contribution in [-0.2, 0) is 4.79 Å². The summed E-state index contributed by atoms with van der Waals surface area (Å²) in [5.41, 5.74) is 6.13. The zero-order valence-corrected chi connectivity index (χ0v) is 10.5. The maximum Gasteiger partial charge on any atom is 0.258 e. The average molecular weight is 260 g/mol. The molecule has 0 aliphatic rings. The van der Waals surface area contributed by atoms with Crippen LogP contribution in [0.15, 0.2) is 30.6 Å². The fourth-order valence-corrected chi connectivity index (χ4v) is 1.61. The van der Waals surface area contributed by atoms with Gasteiger partial charge in [0, 0.05) is 6.54 Å². The zero-order chi connectivity index (χ0) is 13.5. The van der Waals surface area contributed by atoms with Crippen LogP contribution in [0.2, 0.25) is 0 Å². The summed E-state index contributed by atoms with van der Waals surface area (Å²) in [5, 5.41) is 3.51. The number of para-hydroxylation sites is 1. The van der Waals surface area contributed by atoms with E-state index in [2.05, 4.69) is 15.3 Å². The van der Waals surface area contributed by atoms with E-state index in [4.69, 9.17) is 10.5 Å². The first-order valence-electron chi connectivity index (χ1n) is 6.10. The van der Waals surface area contributed by atoms with Crippen LogP contribution in [0, 0.1) is 0 Å². The van der Waals surface area contributed by atoms with Crippen molar-refractivity contribution in [2.75, 3.05) is 19.7 Å². The molecular weight excluding hydrogens is 244 g/mol. The number of aromatic nitrogens is 2. The van der Waals surface area contributed by atoms with Crippen LogP contribution >= 0.6 is 0 Å². The lowest BCUT2D eigenvalue weighted by Gasteiger charge is -2.08. The molecule has 0 aliphatic heterocycles. The van der Waals surface area contributed by atoms with Gasteiger partial charge in [-0.3, -0.25) is 4.79 Å². The topological polar surface area (TPSA) is 90.1 Å². The molecule has 19 heavy (non-hydrogen) atoms. The van der Waals surface area contributed by atoms with Gasteiger partial charge in [0.1, 0.15) is 6.33 Å². The Balaban J connectivity index is 1.96. The summed E-state index contributed by atoms with van der Waals surface area (Å²) in [4.78, 5) is 19.7. The minimum atomic E-state index is -0.184. The molecule has 0 bridgehead atoms. The third-order valence-corrected chi connectivity index (χ3v) is 2.55. The maximum absolute atomic E-state index is 11.5. The minimum absolute atomic E-state index is 0.0639. The van der Waals surface area contributed by atoms with E-state index < -0.39 is 0 Å². The Morgan fingerprint density at radius 1 is 1.32 bits per heavy atom. The fraction of sp³-hybridized carbons (Fsp3) is 0.308. The predicted octanol–water partition coefficient (Wildman–Crippen LogP) is 0.474. The van der Waals surface area contributed by atoms with Gasteiger partial charge in [0.25, 0.3) is 5.91 Å². The third-order valence-electron chi connectivity index (χ3n) is 2.55. The van der Waals surface area contributed by atoms with Gasteiger partial charge in [-0.25, -0.2) is 9.97 Å². The molecule has 0 aliphatic carbocycles. The standard InChI is InChI=1S/C13H16N4O2/c14-6-3-7-15-12(18)8-19-13-10-4-1-2-5-11(10)16-9-17-13/h1-2,4-5,9H,3,6-8,14H2,(H,15,18). The molecule has 6 nitrogen and oxygen atoms in total. The first-order chi connectivity index (χ1) is 9.31. The van der Waals surface area contributed by atoms with Gasteiger partial charge in [-0.2, -0.15) is 0 Å². The van der Waals surface area contributed by atoms with E-state index in [0.29, 0.717) is 19.0 Å². The first-order valence-corrected chi connectivity index (χ1v) is 6.10. The Labute approximate surface area is 111 Å². The van der Waals surface area contributed by atoms with Crippen molar-refractivity contribution in [1.82, 2.24) is 15.3 Å².